The molecule has 0 bridgehead atoms. The Morgan fingerprint density at radius 1 is 1.32 bits per heavy atom. The van der Waals surface area contributed by atoms with Crippen molar-refractivity contribution < 1.29 is 4.74 Å². The summed E-state index contributed by atoms with van der Waals surface area (Å²) >= 11 is 3.24. The van der Waals surface area contributed by atoms with Crippen LogP contribution in [0.15, 0.2) is 28.6 Å². The summed E-state index contributed by atoms with van der Waals surface area (Å²) in [6, 6.07) is 8.14. The molecule has 0 fully saturated rings. The van der Waals surface area contributed by atoms with Crippen molar-refractivity contribution in [1.82, 2.24) is 10.2 Å². The zero-order valence-electron chi connectivity index (χ0n) is 11.0. The quantitative estimate of drug-likeness (QED) is 0.623. The minimum Gasteiger partial charge on any atom is -0.381 e. The number of aryl methyl sites for hydroxylation is 1. The van der Waals surface area contributed by atoms with Gasteiger partial charge in [0.25, 0.3) is 0 Å². The van der Waals surface area contributed by atoms with Crippen LogP contribution in [0.25, 0.3) is 0 Å². The molecule has 1 N–H and O–H groups in total. The molecule has 19 heavy (non-hydrogen) atoms. The molecule has 1 aromatic heterocycles. The van der Waals surface area contributed by atoms with Crippen molar-refractivity contribution in [1.29, 1.82) is 0 Å². The lowest BCUT2D eigenvalue weighted by Crippen LogP contribution is -1.95. The van der Waals surface area contributed by atoms with E-state index in [0.717, 1.165) is 34.1 Å². The van der Waals surface area contributed by atoms with E-state index in [2.05, 4.69) is 28.5 Å². The molecule has 2 aromatic rings. The molecule has 1 heterocycles. The molecule has 0 aliphatic heterocycles. The summed E-state index contributed by atoms with van der Waals surface area (Å²) in [5.41, 5.74) is 2.27. The minimum absolute atomic E-state index is 0.751. The summed E-state index contributed by atoms with van der Waals surface area (Å²) in [6.07, 6.45) is 0. The van der Waals surface area contributed by atoms with E-state index in [9.17, 15) is 0 Å². The first-order valence-corrected chi connectivity index (χ1v) is 7.96. The van der Waals surface area contributed by atoms with Crippen molar-refractivity contribution >= 4 is 33.9 Å². The summed E-state index contributed by atoms with van der Waals surface area (Å²) in [6.45, 7) is 5.58. The van der Waals surface area contributed by atoms with Gasteiger partial charge in [0.15, 0.2) is 4.34 Å². The van der Waals surface area contributed by atoms with Crippen LogP contribution in [0.4, 0.5) is 10.8 Å². The maximum Gasteiger partial charge on any atom is 0.210 e. The summed E-state index contributed by atoms with van der Waals surface area (Å²) in [5.74, 6) is 0.910. The molecule has 2 rings (SSSR count). The molecule has 0 unspecified atom stereocenters. The molecule has 6 heteroatoms. The van der Waals surface area contributed by atoms with E-state index in [1.807, 2.05) is 25.1 Å². The second-order valence-corrected chi connectivity index (χ2v) is 6.18. The molecule has 0 saturated heterocycles. The Morgan fingerprint density at radius 2 is 2.16 bits per heavy atom. The van der Waals surface area contributed by atoms with Crippen LogP contribution in [0.5, 0.6) is 0 Å². The number of hydrogen-bond donors (Lipinski definition) is 1. The third kappa shape index (κ3) is 4.49. The maximum atomic E-state index is 5.29. The van der Waals surface area contributed by atoms with Gasteiger partial charge in [-0.25, -0.2) is 0 Å². The first-order valence-electron chi connectivity index (χ1n) is 6.16. The number of benzene rings is 1. The normalized spacial score (nSPS) is 10.6. The fraction of sp³-hybridized carbons (Fsp3) is 0.385. The van der Waals surface area contributed by atoms with Crippen LogP contribution < -0.4 is 5.32 Å². The summed E-state index contributed by atoms with van der Waals surface area (Å²) in [5, 5.41) is 12.4. The van der Waals surface area contributed by atoms with E-state index >= 15 is 0 Å². The van der Waals surface area contributed by atoms with Crippen LogP contribution in [0, 0.1) is 6.92 Å². The van der Waals surface area contributed by atoms with Gasteiger partial charge in [-0.15, -0.1) is 10.2 Å². The van der Waals surface area contributed by atoms with Gasteiger partial charge in [-0.05, 0) is 25.5 Å². The second kappa shape index (κ2) is 7.47. The van der Waals surface area contributed by atoms with Gasteiger partial charge < -0.3 is 10.1 Å². The van der Waals surface area contributed by atoms with Crippen LogP contribution in [0.2, 0.25) is 0 Å². The highest BCUT2D eigenvalue weighted by atomic mass is 32.2. The minimum atomic E-state index is 0.751. The lowest BCUT2D eigenvalue weighted by atomic mass is 10.2. The van der Waals surface area contributed by atoms with Crippen molar-refractivity contribution in [2.75, 3.05) is 24.3 Å². The van der Waals surface area contributed by atoms with Crippen LogP contribution in [-0.2, 0) is 4.74 Å². The number of anilines is 2. The van der Waals surface area contributed by atoms with E-state index in [-0.39, 0.29) is 0 Å². The highest BCUT2D eigenvalue weighted by molar-refractivity contribution is 8.01. The number of thioether (sulfide) groups is 1. The third-order valence-electron chi connectivity index (χ3n) is 2.45. The molecule has 4 nitrogen and oxygen atoms in total. The zero-order chi connectivity index (χ0) is 13.5. The number of nitrogens with one attached hydrogen (secondary N) is 1. The molecule has 1 aromatic carbocycles. The van der Waals surface area contributed by atoms with Gasteiger partial charge in [-0.3, -0.25) is 0 Å². The fourth-order valence-corrected chi connectivity index (χ4v) is 3.17. The number of nitrogens with zero attached hydrogens (tertiary/aromatic N) is 2. The van der Waals surface area contributed by atoms with Crippen LogP contribution >= 0.6 is 23.1 Å². The van der Waals surface area contributed by atoms with E-state index in [4.69, 9.17) is 4.74 Å². The number of aromatic nitrogens is 2. The Labute approximate surface area is 121 Å². The number of para-hydroxylation sites is 1. The Morgan fingerprint density at radius 3 is 2.95 bits per heavy atom. The van der Waals surface area contributed by atoms with Crippen molar-refractivity contribution in [2.24, 2.45) is 0 Å². The monoisotopic (exact) mass is 295 g/mol. The average molecular weight is 295 g/mol. The standard InChI is InChI=1S/C13H17N3OS2/c1-3-17-8-9-18-13-16-15-12(19-13)14-11-7-5-4-6-10(11)2/h4-7H,3,8-9H2,1-2H3,(H,14,15). The Kier molecular flexibility index (Phi) is 5.62. The lowest BCUT2D eigenvalue weighted by molar-refractivity contribution is 0.164. The molecular weight excluding hydrogens is 278 g/mol. The molecule has 0 amide bonds. The van der Waals surface area contributed by atoms with Crippen LogP contribution in [-0.4, -0.2) is 29.2 Å². The van der Waals surface area contributed by atoms with Crippen LogP contribution in [0.3, 0.4) is 0 Å². The van der Waals surface area contributed by atoms with E-state index in [1.165, 1.54) is 5.56 Å². The summed E-state index contributed by atoms with van der Waals surface area (Å²) in [7, 11) is 0. The zero-order valence-corrected chi connectivity index (χ0v) is 12.7. The van der Waals surface area contributed by atoms with Crippen molar-refractivity contribution in [3.63, 3.8) is 0 Å². The second-order valence-electron chi connectivity index (χ2n) is 3.86. The van der Waals surface area contributed by atoms with E-state index in [0.29, 0.717) is 0 Å². The van der Waals surface area contributed by atoms with Crippen molar-refractivity contribution in [3.05, 3.63) is 29.8 Å². The molecule has 0 radical (unpaired) electrons. The van der Waals surface area contributed by atoms with E-state index < -0.39 is 0 Å². The average Bonchev–Trinajstić information content (AvgIpc) is 2.85. The van der Waals surface area contributed by atoms with Gasteiger partial charge in [0.05, 0.1) is 6.61 Å². The first-order chi connectivity index (χ1) is 9.29. The molecule has 0 atom stereocenters. The molecular formula is C13H17N3OS2. The maximum absolute atomic E-state index is 5.29. The fourth-order valence-electron chi connectivity index (χ4n) is 1.48. The SMILES string of the molecule is CCOCCSc1nnc(Nc2ccccc2C)s1. The topological polar surface area (TPSA) is 47.0 Å². The Balaban J connectivity index is 1.89. The predicted molar refractivity (Wildman–Crippen MR) is 81.6 cm³/mol. The van der Waals surface area contributed by atoms with Crippen molar-refractivity contribution in [3.8, 4) is 0 Å². The third-order valence-corrected chi connectivity index (χ3v) is 4.39. The molecule has 0 aliphatic carbocycles. The summed E-state index contributed by atoms with van der Waals surface area (Å²) < 4.78 is 6.26. The van der Waals surface area contributed by atoms with Gasteiger partial charge in [0.2, 0.25) is 5.13 Å². The van der Waals surface area contributed by atoms with Gasteiger partial charge in [0.1, 0.15) is 0 Å². The summed E-state index contributed by atoms with van der Waals surface area (Å²) in [4.78, 5) is 0. The highest BCUT2D eigenvalue weighted by Gasteiger charge is 2.05. The van der Waals surface area contributed by atoms with E-state index in [1.54, 1.807) is 23.1 Å². The van der Waals surface area contributed by atoms with Gasteiger partial charge >= 0.3 is 0 Å². The smallest absolute Gasteiger partial charge is 0.210 e. The first kappa shape index (κ1) is 14.3. The molecule has 102 valence electrons. The largest absolute Gasteiger partial charge is 0.381 e. The van der Waals surface area contributed by atoms with Gasteiger partial charge in [0, 0.05) is 18.0 Å². The van der Waals surface area contributed by atoms with Gasteiger partial charge in [-0.1, -0.05) is 41.3 Å². The number of ether oxygens (including phenoxy) is 1. The highest BCUT2D eigenvalue weighted by Crippen LogP contribution is 2.28. The lowest BCUT2D eigenvalue weighted by Gasteiger charge is -2.04. The number of rotatable bonds is 7. The Bertz CT molecular complexity index is 516. The van der Waals surface area contributed by atoms with Crippen molar-refractivity contribution in [2.45, 2.75) is 18.2 Å². The molecule has 0 spiro atoms. The number of hydrogen-bond acceptors (Lipinski definition) is 6. The van der Waals surface area contributed by atoms with Crippen LogP contribution in [0.1, 0.15) is 12.5 Å². The Hall–Kier alpha value is -1.11. The van der Waals surface area contributed by atoms with Gasteiger partial charge in [-0.2, -0.15) is 0 Å². The predicted octanol–water partition coefficient (Wildman–Crippen LogP) is 3.72. The molecule has 0 aliphatic rings. The molecule has 0 saturated carbocycles.